The first-order valence-electron chi connectivity index (χ1n) is 10.7. The predicted octanol–water partition coefficient (Wildman–Crippen LogP) is 3.08. The minimum absolute atomic E-state index is 0.0201. The van der Waals surface area contributed by atoms with Gasteiger partial charge >= 0.3 is 5.97 Å². The van der Waals surface area contributed by atoms with Crippen molar-refractivity contribution in [2.75, 3.05) is 13.7 Å². The maximum absolute atomic E-state index is 12.5. The Kier molecular flexibility index (Phi) is 7.11. The SMILES string of the molecule is CCOC(=O)c1nn(-c2ccc([N+](=O)[O-])cc2)c(=N/N=C/c2c(O)cc3oc(C)cc(=O)c3c2OC)s1. The Hall–Kier alpha value is -4.85. The van der Waals surface area contributed by atoms with Crippen molar-refractivity contribution in [3.63, 3.8) is 0 Å². The van der Waals surface area contributed by atoms with Gasteiger partial charge in [0, 0.05) is 24.3 Å². The van der Waals surface area contributed by atoms with E-state index in [4.69, 9.17) is 13.9 Å². The van der Waals surface area contributed by atoms with Gasteiger partial charge in [0.15, 0.2) is 5.43 Å². The molecule has 0 bridgehead atoms. The van der Waals surface area contributed by atoms with Gasteiger partial charge in [-0.2, -0.15) is 5.10 Å². The highest BCUT2D eigenvalue weighted by atomic mass is 32.1. The Balaban J connectivity index is 1.83. The number of esters is 1. The largest absolute Gasteiger partial charge is 0.507 e. The molecule has 0 unspecified atom stereocenters. The Morgan fingerprint density at radius 2 is 2.05 bits per heavy atom. The van der Waals surface area contributed by atoms with Gasteiger partial charge in [0.2, 0.25) is 9.81 Å². The van der Waals surface area contributed by atoms with Crippen LogP contribution in [-0.4, -0.2) is 45.7 Å². The maximum Gasteiger partial charge on any atom is 0.369 e. The van der Waals surface area contributed by atoms with Gasteiger partial charge in [-0.15, -0.1) is 10.2 Å². The average Bonchev–Trinajstić information content (AvgIpc) is 3.28. The number of ether oxygens (including phenoxy) is 2. The van der Waals surface area contributed by atoms with Crippen LogP contribution in [0.1, 0.15) is 28.0 Å². The monoisotopic (exact) mass is 525 g/mol. The number of aromatic nitrogens is 2. The number of non-ortho nitro benzene ring substituents is 1. The number of nitro groups is 1. The van der Waals surface area contributed by atoms with Crippen molar-refractivity contribution in [1.82, 2.24) is 9.78 Å². The first-order valence-corrected chi connectivity index (χ1v) is 11.5. The molecular weight excluding hydrogens is 506 g/mol. The molecule has 0 radical (unpaired) electrons. The van der Waals surface area contributed by atoms with E-state index in [1.54, 1.807) is 13.8 Å². The van der Waals surface area contributed by atoms with E-state index >= 15 is 0 Å². The number of fused-ring (bicyclic) bond motifs is 1. The molecule has 37 heavy (non-hydrogen) atoms. The molecule has 0 aliphatic carbocycles. The number of rotatable bonds is 7. The molecule has 190 valence electrons. The molecule has 0 amide bonds. The maximum atomic E-state index is 12.5. The average molecular weight is 525 g/mol. The molecule has 0 fully saturated rings. The number of aryl methyl sites for hydroxylation is 1. The molecule has 14 heteroatoms. The van der Waals surface area contributed by atoms with Crippen LogP contribution in [0.15, 0.2) is 55.8 Å². The molecule has 2 heterocycles. The van der Waals surface area contributed by atoms with Crippen LogP contribution in [0.3, 0.4) is 0 Å². The summed E-state index contributed by atoms with van der Waals surface area (Å²) in [6.07, 6.45) is 1.18. The van der Waals surface area contributed by atoms with Gasteiger partial charge in [-0.05, 0) is 26.0 Å². The highest BCUT2D eigenvalue weighted by molar-refractivity contribution is 7.10. The fraction of sp³-hybridized carbons (Fsp3) is 0.174. The van der Waals surface area contributed by atoms with Crippen LogP contribution in [-0.2, 0) is 4.74 Å². The van der Waals surface area contributed by atoms with Crippen molar-refractivity contribution in [3.8, 4) is 17.2 Å². The molecule has 13 nitrogen and oxygen atoms in total. The van der Waals surface area contributed by atoms with Crippen LogP contribution in [0.5, 0.6) is 11.5 Å². The molecule has 4 rings (SSSR count). The number of carbonyl (C=O) groups is 1. The molecule has 2 aromatic carbocycles. The number of aromatic hydroxyl groups is 1. The summed E-state index contributed by atoms with van der Waals surface area (Å²) in [7, 11) is 1.33. The third-order valence-corrected chi connectivity index (χ3v) is 5.84. The van der Waals surface area contributed by atoms with E-state index < -0.39 is 10.9 Å². The van der Waals surface area contributed by atoms with Crippen molar-refractivity contribution in [1.29, 1.82) is 0 Å². The zero-order valence-corrected chi connectivity index (χ0v) is 20.5. The summed E-state index contributed by atoms with van der Waals surface area (Å²) in [5.41, 5.74) is 0.114. The van der Waals surface area contributed by atoms with Gasteiger partial charge < -0.3 is 19.0 Å². The summed E-state index contributed by atoms with van der Waals surface area (Å²) in [4.78, 5) is 35.4. The van der Waals surface area contributed by atoms with Crippen LogP contribution in [0.2, 0.25) is 0 Å². The lowest BCUT2D eigenvalue weighted by molar-refractivity contribution is -0.384. The highest BCUT2D eigenvalue weighted by Crippen LogP contribution is 2.33. The number of nitrogens with zero attached hydrogens (tertiary/aromatic N) is 5. The minimum atomic E-state index is -0.676. The van der Waals surface area contributed by atoms with Crippen LogP contribution < -0.4 is 15.0 Å². The number of hydrogen-bond donors (Lipinski definition) is 1. The highest BCUT2D eigenvalue weighted by Gasteiger charge is 2.18. The number of phenolic OH excluding ortho intramolecular Hbond substituents is 1. The van der Waals surface area contributed by atoms with E-state index in [-0.39, 0.29) is 55.6 Å². The predicted molar refractivity (Wildman–Crippen MR) is 133 cm³/mol. The normalized spacial score (nSPS) is 11.8. The minimum Gasteiger partial charge on any atom is -0.507 e. The molecule has 2 aromatic heterocycles. The van der Waals surface area contributed by atoms with Crippen LogP contribution >= 0.6 is 11.3 Å². The second-order valence-corrected chi connectivity index (χ2v) is 8.33. The fourth-order valence-corrected chi connectivity index (χ4v) is 4.15. The standard InChI is InChI=1S/C23H19N5O8S/c1-4-35-22(31)21-26-27(13-5-7-14(8-6-13)28(32)33)23(37-21)25-24-11-15-16(29)10-18-19(20(15)34-3)17(30)9-12(2)36-18/h5-11,29H,4H2,1-3H3/b24-11+,25-23?. The van der Waals surface area contributed by atoms with E-state index in [0.717, 1.165) is 11.3 Å². The lowest BCUT2D eigenvalue weighted by Gasteiger charge is -2.09. The topological polar surface area (TPSA) is 172 Å². The Labute approximate surface area is 211 Å². The second-order valence-electron chi connectivity index (χ2n) is 7.38. The molecule has 0 aliphatic heterocycles. The van der Waals surface area contributed by atoms with Crippen LogP contribution in [0, 0.1) is 17.0 Å². The summed E-state index contributed by atoms with van der Waals surface area (Å²) in [6, 6.07) is 8.02. The van der Waals surface area contributed by atoms with Gasteiger partial charge in [0.1, 0.15) is 28.2 Å². The molecule has 4 aromatic rings. The van der Waals surface area contributed by atoms with Gasteiger partial charge in [-0.1, -0.05) is 11.3 Å². The third-order valence-electron chi connectivity index (χ3n) is 4.96. The van der Waals surface area contributed by atoms with Crippen molar-refractivity contribution in [2.24, 2.45) is 10.2 Å². The summed E-state index contributed by atoms with van der Waals surface area (Å²) in [5, 5.41) is 33.9. The Morgan fingerprint density at radius 1 is 1.32 bits per heavy atom. The van der Waals surface area contributed by atoms with Crippen molar-refractivity contribution in [2.45, 2.75) is 13.8 Å². The second kappa shape index (κ2) is 10.4. The molecule has 0 aliphatic rings. The number of nitro benzene ring substituents is 1. The Bertz CT molecular complexity index is 1670. The molecule has 0 atom stereocenters. The zero-order valence-electron chi connectivity index (χ0n) is 19.7. The number of phenols is 1. The summed E-state index contributed by atoms with van der Waals surface area (Å²) < 4.78 is 17.2. The van der Waals surface area contributed by atoms with Crippen LogP contribution in [0.4, 0.5) is 5.69 Å². The molecule has 1 N–H and O–H groups in total. The van der Waals surface area contributed by atoms with E-state index in [0.29, 0.717) is 11.4 Å². The molecule has 0 saturated carbocycles. The number of hydrogen-bond acceptors (Lipinski definition) is 12. The van der Waals surface area contributed by atoms with Gasteiger partial charge in [0.05, 0.1) is 36.1 Å². The zero-order chi connectivity index (χ0) is 26.7. The fourth-order valence-electron chi connectivity index (χ4n) is 3.39. The van der Waals surface area contributed by atoms with E-state index in [2.05, 4.69) is 15.3 Å². The lowest BCUT2D eigenvalue weighted by Crippen LogP contribution is -2.14. The smallest absolute Gasteiger partial charge is 0.369 e. The number of benzene rings is 2. The van der Waals surface area contributed by atoms with Crippen LogP contribution in [0.25, 0.3) is 16.7 Å². The van der Waals surface area contributed by atoms with Crippen molar-refractivity contribution < 1.29 is 28.7 Å². The number of carbonyl (C=O) groups excluding carboxylic acids is 1. The van der Waals surface area contributed by atoms with Crippen molar-refractivity contribution in [3.05, 3.63) is 77.9 Å². The van der Waals surface area contributed by atoms with E-state index in [1.807, 2.05) is 0 Å². The van der Waals surface area contributed by atoms with E-state index in [1.165, 1.54) is 54.4 Å². The molecular formula is C23H19N5O8S. The van der Waals surface area contributed by atoms with Gasteiger partial charge in [-0.3, -0.25) is 14.9 Å². The molecule has 0 saturated heterocycles. The quantitative estimate of drug-likeness (QED) is 0.165. The summed E-state index contributed by atoms with van der Waals surface area (Å²) >= 11 is 0.873. The summed E-state index contributed by atoms with van der Waals surface area (Å²) in [5.74, 6) is -0.530. The molecule has 0 spiro atoms. The van der Waals surface area contributed by atoms with Gasteiger partial charge in [-0.25, -0.2) is 9.48 Å². The lowest BCUT2D eigenvalue weighted by atomic mass is 10.1. The summed E-state index contributed by atoms with van der Waals surface area (Å²) in [6.45, 7) is 3.39. The first-order chi connectivity index (χ1) is 17.7. The Morgan fingerprint density at radius 3 is 2.70 bits per heavy atom. The first kappa shape index (κ1) is 25.2. The third kappa shape index (κ3) is 5.08. The van der Waals surface area contributed by atoms with Gasteiger partial charge in [0.25, 0.3) is 5.69 Å². The number of methoxy groups -OCH3 is 1. The van der Waals surface area contributed by atoms with Crippen molar-refractivity contribution >= 4 is 40.2 Å². The van der Waals surface area contributed by atoms with E-state index in [9.17, 15) is 24.8 Å².